The highest BCUT2D eigenvalue weighted by molar-refractivity contribution is 6.31. The topological polar surface area (TPSA) is 34.1 Å². The van der Waals surface area contributed by atoms with E-state index in [4.69, 9.17) is 16.3 Å². The Morgan fingerprint density at radius 3 is 2.62 bits per heavy atom. The first-order chi connectivity index (χ1) is 10.2. The molecule has 2 aromatic rings. The van der Waals surface area contributed by atoms with Crippen LogP contribution in [0.5, 0.6) is 5.88 Å². The molecule has 1 heterocycles. The van der Waals surface area contributed by atoms with Crippen molar-refractivity contribution in [3.63, 3.8) is 0 Å². The lowest BCUT2D eigenvalue weighted by Crippen LogP contribution is -2.33. The number of ether oxygens (including phenoxy) is 1. The molecule has 0 aliphatic carbocycles. The number of pyridine rings is 1. The average molecular weight is 305 g/mol. The highest BCUT2D eigenvalue weighted by Gasteiger charge is 2.12. The summed E-state index contributed by atoms with van der Waals surface area (Å²) >= 11 is 6.25. The zero-order valence-electron chi connectivity index (χ0n) is 12.5. The van der Waals surface area contributed by atoms with Gasteiger partial charge in [0, 0.05) is 23.3 Å². The molecule has 0 saturated heterocycles. The molecule has 0 saturated carbocycles. The molecule has 0 bridgehead atoms. The third kappa shape index (κ3) is 4.73. The van der Waals surface area contributed by atoms with Crippen molar-refractivity contribution in [2.75, 3.05) is 13.7 Å². The maximum atomic E-state index is 6.25. The second-order valence-corrected chi connectivity index (χ2v) is 5.37. The molecule has 0 aliphatic heterocycles. The minimum Gasteiger partial charge on any atom is -0.481 e. The molecule has 0 fully saturated rings. The van der Waals surface area contributed by atoms with Gasteiger partial charge in [-0.15, -0.1) is 0 Å². The Bertz CT molecular complexity index is 557. The Labute approximate surface area is 131 Å². The summed E-state index contributed by atoms with van der Waals surface area (Å²) in [6.45, 7) is 3.05. The van der Waals surface area contributed by atoms with Crippen LogP contribution < -0.4 is 10.1 Å². The summed E-state index contributed by atoms with van der Waals surface area (Å²) in [6, 6.07) is 12.3. The summed E-state index contributed by atoms with van der Waals surface area (Å²) in [5, 5.41) is 4.34. The number of likely N-dealkylation sites (N-methyl/N-ethyl adjacent to an activating group) is 1. The minimum atomic E-state index is 0.338. The van der Waals surface area contributed by atoms with Crippen molar-refractivity contribution in [1.82, 2.24) is 10.3 Å². The number of halogens is 1. The largest absolute Gasteiger partial charge is 0.481 e. The molecule has 1 atom stereocenters. The molecule has 112 valence electrons. The van der Waals surface area contributed by atoms with E-state index in [0.29, 0.717) is 11.9 Å². The van der Waals surface area contributed by atoms with E-state index in [-0.39, 0.29) is 0 Å². The van der Waals surface area contributed by atoms with Gasteiger partial charge in [-0.3, -0.25) is 0 Å². The molecule has 1 aromatic carbocycles. The number of aromatic nitrogens is 1. The number of rotatable bonds is 7. The molecule has 0 aliphatic rings. The number of nitrogens with zero attached hydrogens (tertiary/aromatic N) is 1. The third-order valence-electron chi connectivity index (χ3n) is 3.41. The van der Waals surface area contributed by atoms with E-state index in [1.165, 1.54) is 11.1 Å². The maximum Gasteiger partial charge on any atom is 0.212 e. The minimum absolute atomic E-state index is 0.338. The van der Waals surface area contributed by atoms with Gasteiger partial charge in [-0.25, -0.2) is 4.98 Å². The monoisotopic (exact) mass is 304 g/mol. The molecular weight excluding hydrogens is 284 g/mol. The van der Waals surface area contributed by atoms with Crippen molar-refractivity contribution in [3.05, 3.63) is 58.7 Å². The van der Waals surface area contributed by atoms with Crippen LogP contribution in [0.25, 0.3) is 0 Å². The van der Waals surface area contributed by atoms with Crippen LogP contribution in [0, 0.1) is 0 Å². The molecule has 0 amide bonds. The third-order valence-corrected chi connectivity index (χ3v) is 3.77. The van der Waals surface area contributed by atoms with Crippen LogP contribution in [0.15, 0.2) is 42.6 Å². The summed E-state index contributed by atoms with van der Waals surface area (Å²) in [4.78, 5) is 4.26. The van der Waals surface area contributed by atoms with E-state index < -0.39 is 0 Å². The van der Waals surface area contributed by atoms with Gasteiger partial charge < -0.3 is 10.1 Å². The summed E-state index contributed by atoms with van der Waals surface area (Å²) in [6.07, 6.45) is 3.69. The lowest BCUT2D eigenvalue weighted by molar-refractivity contribution is 0.397. The standard InChI is InChI=1S/C17H21ClN2O/c1-3-19-15(11-14-6-4-5-7-16(14)18)10-13-8-9-17(21-2)20-12-13/h4-9,12,15,19H,3,10-11H2,1-2H3. The van der Waals surface area contributed by atoms with Gasteiger partial charge in [0.2, 0.25) is 5.88 Å². The highest BCUT2D eigenvalue weighted by atomic mass is 35.5. The smallest absolute Gasteiger partial charge is 0.212 e. The zero-order valence-corrected chi connectivity index (χ0v) is 13.2. The van der Waals surface area contributed by atoms with Crippen molar-refractivity contribution in [1.29, 1.82) is 0 Å². The molecule has 1 aromatic heterocycles. The normalized spacial score (nSPS) is 12.1. The molecule has 2 rings (SSSR count). The van der Waals surface area contributed by atoms with Gasteiger partial charge in [-0.1, -0.05) is 42.8 Å². The van der Waals surface area contributed by atoms with Gasteiger partial charge in [0.05, 0.1) is 7.11 Å². The van der Waals surface area contributed by atoms with Crippen molar-refractivity contribution in [2.24, 2.45) is 0 Å². The lowest BCUT2D eigenvalue weighted by atomic mass is 10.00. The predicted octanol–water partition coefficient (Wildman–Crippen LogP) is 3.51. The zero-order chi connectivity index (χ0) is 15.1. The second-order valence-electron chi connectivity index (χ2n) is 4.96. The average Bonchev–Trinajstić information content (AvgIpc) is 2.50. The maximum absolute atomic E-state index is 6.25. The van der Waals surface area contributed by atoms with E-state index in [9.17, 15) is 0 Å². The van der Waals surface area contributed by atoms with Crippen LogP contribution in [-0.4, -0.2) is 24.7 Å². The summed E-state index contributed by atoms with van der Waals surface area (Å²) in [7, 11) is 1.63. The van der Waals surface area contributed by atoms with Crippen LogP contribution in [0.4, 0.5) is 0 Å². The molecule has 4 heteroatoms. The number of benzene rings is 1. The number of hydrogen-bond donors (Lipinski definition) is 1. The molecule has 0 radical (unpaired) electrons. The van der Waals surface area contributed by atoms with E-state index >= 15 is 0 Å². The fourth-order valence-electron chi connectivity index (χ4n) is 2.37. The van der Waals surface area contributed by atoms with E-state index in [1.54, 1.807) is 7.11 Å². The van der Waals surface area contributed by atoms with Crippen LogP contribution >= 0.6 is 11.6 Å². The first-order valence-corrected chi connectivity index (χ1v) is 7.56. The van der Waals surface area contributed by atoms with Gasteiger partial charge in [0.15, 0.2) is 0 Å². The first-order valence-electron chi connectivity index (χ1n) is 7.18. The number of nitrogens with one attached hydrogen (secondary N) is 1. The molecular formula is C17H21ClN2O. The Kier molecular flexibility index (Phi) is 6.03. The fraction of sp³-hybridized carbons (Fsp3) is 0.353. The van der Waals surface area contributed by atoms with Crippen LogP contribution in [0.1, 0.15) is 18.1 Å². The second kappa shape index (κ2) is 8.01. The van der Waals surface area contributed by atoms with E-state index in [2.05, 4.69) is 29.4 Å². The van der Waals surface area contributed by atoms with Gasteiger partial charge in [0.25, 0.3) is 0 Å². The molecule has 0 spiro atoms. The van der Waals surface area contributed by atoms with Gasteiger partial charge in [-0.2, -0.15) is 0 Å². The van der Waals surface area contributed by atoms with Gasteiger partial charge in [0.1, 0.15) is 0 Å². The quantitative estimate of drug-likeness (QED) is 0.850. The van der Waals surface area contributed by atoms with Gasteiger partial charge in [-0.05, 0) is 36.6 Å². The first kappa shape index (κ1) is 15.8. The Morgan fingerprint density at radius 1 is 1.19 bits per heavy atom. The SMILES string of the molecule is CCNC(Cc1ccc(OC)nc1)Cc1ccccc1Cl. The van der Waals surface area contributed by atoms with Crippen LogP contribution in [0.3, 0.4) is 0 Å². The van der Waals surface area contributed by atoms with Crippen molar-refractivity contribution >= 4 is 11.6 Å². The summed E-state index contributed by atoms with van der Waals surface area (Å²) < 4.78 is 5.09. The van der Waals surface area contributed by atoms with Crippen molar-refractivity contribution in [2.45, 2.75) is 25.8 Å². The molecule has 1 unspecified atom stereocenters. The highest BCUT2D eigenvalue weighted by Crippen LogP contribution is 2.18. The Morgan fingerprint density at radius 2 is 2.00 bits per heavy atom. The van der Waals surface area contributed by atoms with Crippen molar-refractivity contribution < 1.29 is 4.74 Å². The lowest BCUT2D eigenvalue weighted by Gasteiger charge is -2.18. The molecule has 1 N–H and O–H groups in total. The Balaban J connectivity index is 2.06. The molecule has 21 heavy (non-hydrogen) atoms. The predicted molar refractivity (Wildman–Crippen MR) is 87.1 cm³/mol. The van der Waals surface area contributed by atoms with Crippen molar-refractivity contribution in [3.8, 4) is 5.88 Å². The number of methoxy groups -OCH3 is 1. The van der Waals surface area contributed by atoms with Gasteiger partial charge >= 0.3 is 0 Å². The summed E-state index contributed by atoms with van der Waals surface area (Å²) in [5.74, 6) is 0.643. The Hall–Kier alpha value is -1.58. The van der Waals surface area contributed by atoms with E-state index in [1.807, 2.05) is 30.5 Å². The van der Waals surface area contributed by atoms with E-state index in [0.717, 1.165) is 24.4 Å². The fourth-order valence-corrected chi connectivity index (χ4v) is 2.58. The van der Waals surface area contributed by atoms with Crippen LogP contribution in [-0.2, 0) is 12.8 Å². The summed E-state index contributed by atoms with van der Waals surface area (Å²) in [5.41, 5.74) is 2.36. The molecule has 3 nitrogen and oxygen atoms in total. The number of hydrogen-bond acceptors (Lipinski definition) is 3. The van der Waals surface area contributed by atoms with Crippen LogP contribution in [0.2, 0.25) is 5.02 Å².